The third-order valence-corrected chi connectivity index (χ3v) is 4.03. The minimum atomic E-state index is -0.343. The second kappa shape index (κ2) is 10.5. The van der Waals surface area contributed by atoms with Gasteiger partial charge in [0.2, 0.25) is 0 Å². The molecule has 0 aliphatic rings. The summed E-state index contributed by atoms with van der Waals surface area (Å²) in [6.45, 7) is 0.686. The summed E-state index contributed by atoms with van der Waals surface area (Å²) in [5, 5.41) is 8.79. The van der Waals surface area contributed by atoms with Gasteiger partial charge in [-0.2, -0.15) is 0 Å². The highest BCUT2D eigenvalue weighted by Gasteiger charge is 2.06. The highest BCUT2D eigenvalue weighted by Crippen LogP contribution is 2.18. The van der Waals surface area contributed by atoms with Gasteiger partial charge in [0, 0.05) is 6.61 Å². The molecular formula is C21H26O4. The molecule has 4 nitrogen and oxygen atoms in total. The Morgan fingerprint density at radius 3 is 2.52 bits per heavy atom. The van der Waals surface area contributed by atoms with Gasteiger partial charge in [0.1, 0.15) is 12.4 Å². The van der Waals surface area contributed by atoms with Crippen LogP contribution in [0, 0.1) is 0 Å². The van der Waals surface area contributed by atoms with E-state index in [2.05, 4.69) is 12.1 Å². The van der Waals surface area contributed by atoms with E-state index in [1.165, 1.54) is 12.7 Å². The molecule has 0 spiro atoms. The summed E-state index contributed by atoms with van der Waals surface area (Å²) < 4.78 is 10.6. The monoisotopic (exact) mass is 342 g/mol. The van der Waals surface area contributed by atoms with Gasteiger partial charge in [-0.1, -0.05) is 37.1 Å². The summed E-state index contributed by atoms with van der Waals surface area (Å²) in [5.41, 5.74) is 2.71. The maximum Gasteiger partial charge on any atom is 0.337 e. The quantitative estimate of drug-likeness (QED) is 0.521. The molecule has 0 fully saturated rings. The lowest BCUT2D eigenvalue weighted by Gasteiger charge is -2.09. The highest BCUT2D eigenvalue weighted by atomic mass is 16.5. The largest absolute Gasteiger partial charge is 0.489 e. The van der Waals surface area contributed by atoms with Crippen LogP contribution in [0.3, 0.4) is 0 Å². The molecule has 25 heavy (non-hydrogen) atoms. The molecule has 0 saturated heterocycles. The average Bonchev–Trinajstić information content (AvgIpc) is 2.66. The second-order valence-electron chi connectivity index (χ2n) is 6.02. The van der Waals surface area contributed by atoms with Crippen molar-refractivity contribution in [3.8, 4) is 5.75 Å². The molecule has 0 unspecified atom stereocenters. The normalized spacial score (nSPS) is 10.5. The Bertz CT molecular complexity index is 666. The summed E-state index contributed by atoms with van der Waals surface area (Å²) in [6.07, 6.45) is 5.22. The maximum absolute atomic E-state index is 11.6. The number of aryl methyl sites for hydroxylation is 1. The molecule has 0 radical (unpaired) electrons. The smallest absolute Gasteiger partial charge is 0.337 e. The van der Waals surface area contributed by atoms with Crippen molar-refractivity contribution in [2.45, 2.75) is 38.7 Å². The molecule has 2 rings (SSSR count). The van der Waals surface area contributed by atoms with Gasteiger partial charge in [-0.3, -0.25) is 0 Å². The number of hydrogen-bond acceptors (Lipinski definition) is 4. The minimum Gasteiger partial charge on any atom is -0.489 e. The van der Waals surface area contributed by atoms with Crippen molar-refractivity contribution >= 4 is 5.97 Å². The van der Waals surface area contributed by atoms with E-state index in [-0.39, 0.29) is 12.6 Å². The van der Waals surface area contributed by atoms with E-state index in [4.69, 9.17) is 14.6 Å². The fourth-order valence-corrected chi connectivity index (χ4v) is 2.66. The van der Waals surface area contributed by atoms with E-state index in [9.17, 15) is 4.79 Å². The van der Waals surface area contributed by atoms with Gasteiger partial charge in [0.25, 0.3) is 0 Å². The third kappa shape index (κ3) is 6.59. The number of carbonyl (C=O) groups excluding carboxylic acids is 1. The third-order valence-electron chi connectivity index (χ3n) is 4.03. The number of esters is 1. The number of hydrogen-bond donors (Lipinski definition) is 1. The number of ether oxygens (including phenoxy) is 2. The van der Waals surface area contributed by atoms with E-state index in [1.54, 1.807) is 12.1 Å². The standard InChI is InChI=1S/C21H26O4/c1-24-21(23)19-11-6-10-18(14-19)16-25-20-12-7-9-17(15-20)8-4-2-3-5-13-22/h6-7,9-12,14-15,22H,2-5,8,13,16H2,1H3. The zero-order chi connectivity index (χ0) is 17.9. The minimum absolute atomic E-state index is 0.278. The lowest BCUT2D eigenvalue weighted by atomic mass is 10.1. The Labute approximate surface area is 149 Å². The highest BCUT2D eigenvalue weighted by molar-refractivity contribution is 5.89. The van der Waals surface area contributed by atoms with Crippen molar-refractivity contribution in [3.05, 3.63) is 65.2 Å². The lowest BCUT2D eigenvalue weighted by molar-refractivity contribution is 0.0600. The maximum atomic E-state index is 11.6. The fourth-order valence-electron chi connectivity index (χ4n) is 2.66. The molecule has 2 aromatic rings. The number of carbonyl (C=O) groups is 1. The zero-order valence-electron chi connectivity index (χ0n) is 14.7. The first-order valence-electron chi connectivity index (χ1n) is 8.73. The van der Waals surface area contributed by atoms with E-state index in [1.807, 2.05) is 24.3 Å². The van der Waals surface area contributed by atoms with Crippen LogP contribution < -0.4 is 4.74 Å². The molecule has 0 bridgehead atoms. The van der Waals surface area contributed by atoms with E-state index in [0.717, 1.165) is 43.4 Å². The van der Waals surface area contributed by atoms with Gasteiger partial charge in [0.15, 0.2) is 0 Å². The number of benzene rings is 2. The van der Waals surface area contributed by atoms with Crippen LogP contribution in [0.25, 0.3) is 0 Å². The van der Waals surface area contributed by atoms with Crippen LogP contribution >= 0.6 is 0 Å². The summed E-state index contributed by atoms with van der Waals surface area (Å²) in [6, 6.07) is 15.4. The van der Waals surface area contributed by atoms with Crippen LogP contribution in [-0.4, -0.2) is 24.8 Å². The Balaban J connectivity index is 1.86. The van der Waals surface area contributed by atoms with Crippen LogP contribution in [0.4, 0.5) is 0 Å². The molecule has 0 aliphatic carbocycles. The van der Waals surface area contributed by atoms with E-state index >= 15 is 0 Å². The molecule has 2 aromatic carbocycles. The summed E-state index contributed by atoms with van der Waals surface area (Å²) >= 11 is 0. The Kier molecular flexibility index (Phi) is 7.99. The zero-order valence-corrected chi connectivity index (χ0v) is 14.7. The molecular weight excluding hydrogens is 316 g/mol. The number of methoxy groups -OCH3 is 1. The van der Waals surface area contributed by atoms with Crippen LogP contribution in [-0.2, 0) is 17.8 Å². The molecule has 1 N–H and O–H groups in total. The topological polar surface area (TPSA) is 55.8 Å². The predicted octanol–water partition coefficient (Wildman–Crippen LogP) is 4.15. The van der Waals surface area contributed by atoms with Gasteiger partial charge in [-0.05, 0) is 54.7 Å². The van der Waals surface area contributed by atoms with Gasteiger partial charge in [-0.15, -0.1) is 0 Å². The molecule has 0 aliphatic heterocycles. The Hall–Kier alpha value is -2.33. The first-order valence-corrected chi connectivity index (χ1v) is 8.73. The van der Waals surface area contributed by atoms with Gasteiger partial charge in [-0.25, -0.2) is 4.79 Å². The van der Waals surface area contributed by atoms with Crippen LogP contribution in [0.5, 0.6) is 5.75 Å². The number of aliphatic hydroxyl groups is 1. The molecule has 0 heterocycles. The number of aliphatic hydroxyl groups excluding tert-OH is 1. The number of unbranched alkanes of at least 4 members (excludes halogenated alkanes) is 3. The molecule has 0 atom stereocenters. The van der Waals surface area contributed by atoms with E-state index in [0.29, 0.717) is 12.2 Å². The van der Waals surface area contributed by atoms with Crippen molar-refractivity contribution in [2.75, 3.05) is 13.7 Å². The molecule has 0 amide bonds. The summed E-state index contributed by atoms with van der Waals surface area (Å²) in [4.78, 5) is 11.6. The average molecular weight is 342 g/mol. The van der Waals surface area contributed by atoms with Crippen molar-refractivity contribution in [1.82, 2.24) is 0 Å². The first kappa shape index (κ1) is 19.0. The van der Waals surface area contributed by atoms with Gasteiger partial charge < -0.3 is 14.6 Å². The molecule has 134 valence electrons. The SMILES string of the molecule is COC(=O)c1cccc(COc2cccc(CCCCCCO)c2)c1. The van der Waals surface area contributed by atoms with Gasteiger partial charge in [0.05, 0.1) is 12.7 Å². The van der Waals surface area contributed by atoms with Crippen molar-refractivity contribution in [2.24, 2.45) is 0 Å². The number of rotatable bonds is 10. The Morgan fingerprint density at radius 2 is 1.72 bits per heavy atom. The van der Waals surface area contributed by atoms with E-state index < -0.39 is 0 Å². The lowest BCUT2D eigenvalue weighted by Crippen LogP contribution is -2.03. The molecule has 0 aromatic heterocycles. The van der Waals surface area contributed by atoms with Crippen LogP contribution in [0.2, 0.25) is 0 Å². The fraction of sp³-hybridized carbons (Fsp3) is 0.381. The van der Waals surface area contributed by atoms with Crippen LogP contribution in [0.1, 0.15) is 47.2 Å². The summed E-state index contributed by atoms with van der Waals surface area (Å²) in [5.74, 6) is 0.487. The van der Waals surface area contributed by atoms with Crippen molar-refractivity contribution < 1.29 is 19.4 Å². The van der Waals surface area contributed by atoms with Crippen molar-refractivity contribution in [3.63, 3.8) is 0 Å². The van der Waals surface area contributed by atoms with Gasteiger partial charge >= 0.3 is 5.97 Å². The van der Waals surface area contributed by atoms with Crippen LogP contribution in [0.15, 0.2) is 48.5 Å². The second-order valence-corrected chi connectivity index (χ2v) is 6.02. The van der Waals surface area contributed by atoms with Crippen molar-refractivity contribution in [1.29, 1.82) is 0 Å². The Morgan fingerprint density at radius 1 is 0.960 bits per heavy atom. The first-order chi connectivity index (χ1) is 12.2. The molecule has 4 heteroatoms. The molecule has 0 saturated carbocycles. The predicted molar refractivity (Wildman–Crippen MR) is 97.8 cm³/mol. The summed E-state index contributed by atoms with van der Waals surface area (Å²) in [7, 11) is 1.38.